The van der Waals surface area contributed by atoms with E-state index in [2.05, 4.69) is 24.1 Å². The summed E-state index contributed by atoms with van der Waals surface area (Å²) in [5, 5.41) is 2.97. The lowest BCUT2D eigenvalue weighted by molar-refractivity contribution is 0.138. The van der Waals surface area contributed by atoms with Crippen LogP contribution in [0.2, 0.25) is 0 Å². The number of aryl methyl sites for hydroxylation is 1. The van der Waals surface area contributed by atoms with Crippen molar-refractivity contribution in [3.8, 4) is 5.75 Å². The molecule has 1 aliphatic heterocycles. The zero-order valence-electron chi connectivity index (χ0n) is 14.1. The van der Waals surface area contributed by atoms with Gasteiger partial charge in [-0.25, -0.2) is 4.79 Å². The van der Waals surface area contributed by atoms with Crippen LogP contribution in [0.15, 0.2) is 18.2 Å². The molecule has 5 heteroatoms. The van der Waals surface area contributed by atoms with Gasteiger partial charge in [0.25, 0.3) is 0 Å². The summed E-state index contributed by atoms with van der Waals surface area (Å²) in [4.78, 5) is 16.7. The molecular formula is C17H27N3O2. The van der Waals surface area contributed by atoms with Crippen molar-refractivity contribution in [1.82, 2.24) is 9.80 Å². The smallest absolute Gasteiger partial charge is 0.322 e. The number of hydrogen-bond donors (Lipinski definition) is 1. The first-order valence-corrected chi connectivity index (χ1v) is 7.92. The zero-order valence-corrected chi connectivity index (χ0v) is 14.1. The number of benzene rings is 1. The number of methoxy groups -OCH3 is 1. The highest BCUT2D eigenvalue weighted by Crippen LogP contribution is 2.25. The molecule has 122 valence electrons. The van der Waals surface area contributed by atoms with E-state index in [0.29, 0.717) is 11.7 Å². The van der Waals surface area contributed by atoms with Crippen molar-refractivity contribution >= 4 is 11.7 Å². The van der Waals surface area contributed by atoms with Gasteiger partial charge in [-0.1, -0.05) is 19.9 Å². The quantitative estimate of drug-likeness (QED) is 0.930. The van der Waals surface area contributed by atoms with Crippen molar-refractivity contribution in [1.29, 1.82) is 0 Å². The number of nitrogens with zero attached hydrogens (tertiary/aromatic N) is 2. The molecule has 0 aliphatic carbocycles. The Labute approximate surface area is 133 Å². The number of piperazine rings is 1. The molecule has 2 amide bonds. The van der Waals surface area contributed by atoms with Crippen LogP contribution in [0.3, 0.4) is 0 Å². The van der Waals surface area contributed by atoms with Gasteiger partial charge in [-0.2, -0.15) is 0 Å². The Morgan fingerprint density at radius 3 is 2.55 bits per heavy atom. The largest absolute Gasteiger partial charge is 0.495 e. The predicted molar refractivity (Wildman–Crippen MR) is 89.6 cm³/mol. The molecular weight excluding hydrogens is 278 g/mol. The lowest BCUT2D eigenvalue weighted by atomic mass is 10.2. The van der Waals surface area contributed by atoms with Gasteiger partial charge in [0.1, 0.15) is 5.75 Å². The van der Waals surface area contributed by atoms with Crippen LogP contribution >= 0.6 is 0 Å². The van der Waals surface area contributed by atoms with Gasteiger partial charge in [-0.15, -0.1) is 0 Å². The fourth-order valence-corrected chi connectivity index (χ4v) is 2.76. The van der Waals surface area contributed by atoms with Gasteiger partial charge in [0.2, 0.25) is 0 Å². The van der Waals surface area contributed by atoms with Crippen molar-refractivity contribution in [2.24, 2.45) is 5.92 Å². The minimum absolute atomic E-state index is 0.0481. The van der Waals surface area contributed by atoms with E-state index in [0.717, 1.165) is 44.0 Å². The van der Waals surface area contributed by atoms with Crippen LogP contribution in [0.5, 0.6) is 5.75 Å². The third-order valence-electron chi connectivity index (χ3n) is 3.88. The zero-order chi connectivity index (χ0) is 16.1. The Kier molecular flexibility index (Phi) is 5.66. The highest BCUT2D eigenvalue weighted by Gasteiger charge is 2.22. The molecule has 0 unspecified atom stereocenters. The number of amides is 2. The number of carbonyl (C=O) groups excluding carboxylic acids is 1. The van der Waals surface area contributed by atoms with Crippen LogP contribution in [0.4, 0.5) is 10.5 Å². The van der Waals surface area contributed by atoms with Gasteiger partial charge >= 0.3 is 6.03 Å². The molecule has 1 saturated heterocycles. The van der Waals surface area contributed by atoms with Crippen molar-refractivity contribution in [2.45, 2.75) is 20.8 Å². The predicted octanol–water partition coefficient (Wildman–Crippen LogP) is 2.81. The van der Waals surface area contributed by atoms with Crippen LogP contribution in [-0.2, 0) is 0 Å². The molecule has 2 rings (SSSR count). The Morgan fingerprint density at radius 1 is 1.27 bits per heavy atom. The summed E-state index contributed by atoms with van der Waals surface area (Å²) in [6.07, 6.45) is 0. The molecule has 1 fully saturated rings. The average molecular weight is 305 g/mol. The van der Waals surface area contributed by atoms with Gasteiger partial charge in [0, 0.05) is 32.7 Å². The van der Waals surface area contributed by atoms with Gasteiger partial charge in [0.05, 0.1) is 12.8 Å². The third-order valence-corrected chi connectivity index (χ3v) is 3.88. The third kappa shape index (κ3) is 4.37. The van der Waals surface area contributed by atoms with Gasteiger partial charge in [-0.3, -0.25) is 4.90 Å². The van der Waals surface area contributed by atoms with Crippen molar-refractivity contribution < 1.29 is 9.53 Å². The first-order chi connectivity index (χ1) is 10.5. The van der Waals surface area contributed by atoms with Crippen molar-refractivity contribution in [2.75, 3.05) is 45.2 Å². The number of rotatable bonds is 4. The second-order valence-corrected chi connectivity index (χ2v) is 6.32. The van der Waals surface area contributed by atoms with E-state index in [1.54, 1.807) is 7.11 Å². The molecule has 0 atom stereocenters. The summed E-state index contributed by atoms with van der Waals surface area (Å²) < 4.78 is 5.31. The second kappa shape index (κ2) is 7.49. The van der Waals surface area contributed by atoms with Crippen LogP contribution in [0.1, 0.15) is 19.4 Å². The molecule has 0 bridgehead atoms. The number of carbonyl (C=O) groups is 1. The van der Waals surface area contributed by atoms with Crippen LogP contribution in [0.25, 0.3) is 0 Å². The Bertz CT molecular complexity index is 509. The average Bonchev–Trinajstić information content (AvgIpc) is 2.47. The monoisotopic (exact) mass is 305 g/mol. The maximum absolute atomic E-state index is 12.4. The fraction of sp³-hybridized carbons (Fsp3) is 0.588. The Morgan fingerprint density at radius 2 is 1.95 bits per heavy atom. The Hall–Kier alpha value is -1.75. The van der Waals surface area contributed by atoms with E-state index in [4.69, 9.17) is 4.74 Å². The molecule has 0 radical (unpaired) electrons. The molecule has 0 saturated carbocycles. The lowest BCUT2D eigenvalue weighted by Gasteiger charge is -2.35. The molecule has 1 heterocycles. The molecule has 22 heavy (non-hydrogen) atoms. The van der Waals surface area contributed by atoms with Crippen molar-refractivity contribution in [3.05, 3.63) is 23.8 Å². The van der Waals surface area contributed by atoms with Crippen molar-refractivity contribution in [3.63, 3.8) is 0 Å². The normalized spacial score (nSPS) is 16.0. The summed E-state index contributed by atoms with van der Waals surface area (Å²) in [6.45, 7) is 11.0. The Balaban J connectivity index is 1.92. The van der Waals surface area contributed by atoms with E-state index >= 15 is 0 Å². The highest BCUT2D eigenvalue weighted by molar-refractivity contribution is 5.91. The molecule has 0 aromatic heterocycles. The van der Waals surface area contributed by atoms with Gasteiger partial charge in [0.15, 0.2) is 0 Å². The van der Waals surface area contributed by atoms with Gasteiger partial charge < -0.3 is 15.0 Å². The highest BCUT2D eigenvalue weighted by atomic mass is 16.5. The van der Waals surface area contributed by atoms with Crippen LogP contribution in [0, 0.1) is 12.8 Å². The van der Waals surface area contributed by atoms with E-state index in [-0.39, 0.29) is 6.03 Å². The standard InChI is InChI=1S/C17H27N3O2/c1-13(2)12-19-7-9-20(10-8-19)17(21)18-15-11-14(3)5-6-16(15)22-4/h5-6,11,13H,7-10,12H2,1-4H3,(H,18,21). The fourth-order valence-electron chi connectivity index (χ4n) is 2.76. The molecule has 0 spiro atoms. The number of ether oxygens (including phenoxy) is 1. The summed E-state index contributed by atoms with van der Waals surface area (Å²) in [7, 11) is 1.62. The minimum Gasteiger partial charge on any atom is -0.495 e. The number of nitrogens with one attached hydrogen (secondary N) is 1. The topological polar surface area (TPSA) is 44.8 Å². The van der Waals surface area contributed by atoms with E-state index in [1.807, 2.05) is 30.0 Å². The summed E-state index contributed by atoms with van der Waals surface area (Å²) in [6, 6.07) is 5.74. The lowest BCUT2D eigenvalue weighted by Crippen LogP contribution is -2.50. The second-order valence-electron chi connectivity index (χ2n) is 6.32. The maximum Gasteiger partial charge on any atom is 0.322 e. The number of anilines is 1. The summed E-state index contributed by atoms with van der Waals surface area (Å²) in [5.41, 5.74) is 1.83. The summed E-state index contributed by atoms with van der Waals surface area (Å²) in [5.74, 6) is 1.36. The number of urea groups is 1. The number of hydrogen-bond acceptors (Lipinski definition) is 3. The SMILES string of the molecule is COc1ccc(C)cc1NC(=O)N1CCN(CC(C)C)CC1. The first-order valence-electron chi connectivity index (χ1n) is 7.92. The van der Waals surface area contributed by atoms with E-state index < -0.39 is 0 Å². The van der Waals surface area contributed by atoms with Gasteiger partial charge in [-0.05, 0) is 30.5 Å². The van der Waals surface area contributed by atoms with E-state index in [9.17, 15) is 4.79 Å². The minimum atomic E-state index is -0.0481. The maximum atomic E-state index is 12.4. The first kappa shape index (κ1) is 16.6. The van der Waals surface area contributed by atoms with E-state index in [1.165, 1.54) is 0 Å². The summed E-state index contributed by atoms with van der Waals surface area (Å²) >= 11 is 0. The molecule has 5 nitrogen and oxygen atoms in total. The van der Waals surface area contributed by atoms with Crippen LogP contribution in [-0.4, -0.2) is 55.7 Å². The molecule has 1 aromatic rings. The molecule has 1 N–H and O–H groups in total. The molecule has 1 aliphatic rings. The molecule has 1 aromatic carbocycles. The van der Waals surface area contributed by atoms with Crippen LogP contribution < -0.4 is 10.1 Å².